The van der Waals surface area contributed by atoms with Gasteiger partial charge in [0.25, 0.3) is 0 Å². The van der Waals surface area contributed by atoms with Gasteiger partial charge in [-0.3, -0.25) is 0 Å². The molecule has 0 spiro atoms. The number of hydrogen-bond donors (Lipinski definition) is 0. The number of thiazole rings is 1. The fourth-order valence-electron chi connectivity index (χ4n) is 2.59. The van der Waals surface area contributed by atoms with E-state index in [9.17, 15) is 4.39 Å². The first-order valence-electron chi connectivity index (χ1n) is 7.13. The summed E-state index contributed by atoms with van der Waals surface area (Å²) in [6, 6.07) is 6.91. The van der Waals surface area contributed by atoms with E-state index in [4.69, 9.17) is 0 Å². The van der Waals surface area contributed by atoms with Crippen molar-refractivity contribution in [3.05, 3.63) is 42.5 Å². The van der Waals surface area contributed by atoms with Crippen LogP contribution in [0.25, 0.3) is 10.2 Å². The van der Waals surface area contributed by atoms with E-state index in [1.54, 1.807) is 29.8 Å². The molecule has 1 fully saturated rings. The minimum Gasteiger partial charge on any atom is -0.345 e. The average molecular weight is 315 g/mol. The van der Waals surface area contributed by atoms with Crippen molar-refractivity contribution in [3.63, 3.8) is 0 Å². The summed E-state index contributed by atoms with van der Waals surface area (Å²) >= 11 is 1.54. The second kappa shape index (κ2) is 5.49. The molecule has 3 aromatic rings. The molecule has 0 amide bonds. The van der Waals surface area contributed by atoms with E-state index in [0.717, 1.165) is 42.0 Å². The smallest absolute Gasteiger partial charge is 0.225 e. The molecular formula is C15H14FN5S. The van der Waals surface area contributed by atoms with Crippen molar-refractivity contribution in [2.45, 2.75) is 0 Å². The van der Waals surface area contributed by atoms with Gasteiger partial charge >= 0.3 is 0 Å². The number of aromatic nitrogens is 3. The number of anilines is 2. The van der Waals surface area contributed by atoms with Gasteiger partial charge < -0.3 is 9.80 Å². The largest absolute Gasteiger partial charge is 0.345 e. The second-order valence-electron chi connectivity index (χ2n) is 5.11. The molecule has 0 bridgehead atoms. The van der Waals surface area contributed by atoms with E-state index in [2.05, 4.69) is 24.8 Å². The summed E-state index contributed by atoms with van der Waals surface area (Å²) in [5.74, 6) is 0.508. The molecule has 0 aliphatic carbocycles. The molecule has 0 unspecified atom stereocenters. The second-order valence-corrected chi connectivity index (χ2v) is 6.12. The highest BCUT2D eigenvalue weighted by Gasteiger charge is 2.21. The maximum atomic E-state index is 13.8. The summed E-state index contributed by atoms with van der Waals surface area (Å²) in [5.41, 5.74) is 0.469. The van der Waals surface area contributed by atoms with Crippen molar-refractivity contribution in [1.29, 1.82) is 0 Å². The van der Waals surface area contributed by atoms with Gasteiger partial charge in [0.15, 0.2) is 5.13 Å². The lowest BCUT2D eigenvalue weighted by Crippen LogP contribution is -2.47. The van der Waals surface area contributed by atoms with Crippen LogP contribution >= 0.6 is 11.3 Å². The number of hydrogen-bond acceptors (Lipinski definition) is 6. The molecule has 0 saturated carbocycles. The van der Waals surface area contributed by atoms with Gasteiger partial charge in [0.2, 0.25) is 5.95 Å². The van der Waals surface area contributed by atoms with Gasteiger partial charge in [-0.15, -0.1) is 0 Å². The monoisotopic (exact) mass is 315 g/mol. The predicted octanol–water partition coefficient (Wildman–Crippen LogP) is 2.55. The Bertz CT molecular complexity index is 783. The maximum absolute atomic E-state index is 13.8. The number of piperazine rings is 1. The van der Waals surface area contributed by atoms with Crippen LogP contribution in [0.3, 0.4) is 0 Å². The molecule has 22 heavy (non-hydrogen) atoms. The van der Waals surface area contributed by atoms with Crippen molar-refractivity contribution in [2.75, 3.05) is 36.0 Å². The van der Waals surface area contributed by atoms with Crippen LogP contribution in [-0.4, -0.2) is 41.1 Å². The van der Waals surface area contributed by atoms with Crippen molar-refractivity contribution >= 4 is 32.6 Å². The Hall–Kier alpha value is -2.28. The summed E-state index contributed by atoms with van der Waals surface area (Å²) in [7, 11) is 0. The molecule has 2 aromatic heterocycles. The summed E-state index contributed by atoms with van der Waals surface area (Å²) < 4.78 is 14.6. The first-order valence-corrected chi connectivity index (χ1v) is 7.95. The zero-order valence-electron chi connectivity index (χ0n) is 11.8. The molecule has 0 atom stereocenters. The van der Waals surface area contributed by atoms with Crippen molar-refractivity contribution < 1.29 is 4.39 Å². The maximum Gasteiger partial charge on any atom is 0.225 e. The summed E-state index contributed by atoms with van der Waals surface area (Å²) in [5, 5.41) is 0.883. The third-order valence-electron chi connectivity index (χ3n) is 3.74. The first-order chi connectivity index (χ1) is 10.8. The molecule has 1 saturated heterocycles. The number of rotatable bonds is 2. The number of nitrogens with zero attached hydrogens (tertiary/aromatic N) is 5. The molecule has 7 heteroatoms. The molecule has 5 nitrogen and oxygen atoms in total. The quantitative estimate of drug-likeness (QED) is 0.727. The van der Waals surface area contributed by atoms with Crippen LogP contribution in [0.4, 0.5) is 15.5 Å². The van der Waals surface area contributed by atoms with E-state index in [1.807, 2.05) is 12.1 Å². The molecule has 1 aromatic carbocycles. The Kier molecular flexibility index (Phi) is 3.34. The van der Waals surface area contributed by atoms with Crippen molar-refractivity contribution in [2.24, 2.45) is 0 Å². The fourth-order valence-corrected chi connectivity index (χ4v) is 3.62. The fraction of sp³-hybridized carbons (Fsp3) is 0.267. The van der Waals surface area contributed by atoms with E-state index in [-0.39, 0.29) is 5.82 Å². The Morgan fingerprint density at radius 1 is 0.955 bits per heavy atom. The Morgan fingerprint density at radius 3 is 2.41 bits per heavy atom. The number of para-hydroxylation sites is 1. The van der Waals surface area contributed by atoms with Gasteiger partial charge in [-0.1, -0.05) is 17.4 Å². The summed E-state index contributed by atoms with van der Waals surface area (Å²) in [4.78, 5) is 17.4. The van der Waals surface area contributed by atoms with Gasteiger partial charge in [0, 0.05) is 38.6 Å². The molecule has 0 radical (unpaired) electrons. The zero-order valence-corrected chi connectivity index (χ0v) is 12.6. The highest BCUT2D eigenvalue weighted by molar-refractivity contribution is 7.22. The molecule has 4 rings (SSSR count). The van der Waals surface area contributed by atoms with Crippen molar-refractivity contribution in [3.8, 4) is 0 Å². The molecule has 0 N–H and O–H groups in total. The molecular weight excluding hydrogens is 301 g/mol. The SMILES string of the molecule is Fc1cccc2sc(N3CCN(c4ncccn4)CC3)nc12. The van der Waals surface area contributed by atoms with Gasteiger partial charge in [-0.05, 0) is 18.2 Å². The van der Waals surface area contributed by atoms with Gasteiger partial charge in [-0.2, -0.15) is 0 Å². The minimum absolute atomic E-state index is 0.253. The topological polar surface area (TPSA) is 45.2 Å². The molecule has 3 heterocycles. The summed E-state index contributed by atoms with van der Waals surface area (Å²) in [6.45, 7) is 3.34. The predicted molar refractivity (Wildman–Crippen MR) is 86.0 cm³/mol. The van der Waals surface area contributed by atoms with E-state index in [0.29, 0.717) is 5.52 Å². The van der Waals surface area contributed by atoms with Crippen LogP contribution in [-0.2, 0) is 0 Å². The van der Waals surface area contributed by atoms with Crippen LogP contribution < -0.4 is 9.80 Å². The van der Waals surface area contributed by atoms with Crippen molar-refractivity contribution in [1.82, 2.24) is 15.0 Å². The van der Waals surface area contributed by atoms with Gasteiger partial charge in [0.05, 0.1) is 4.70 Å². The first kappa shape index (κ1) is 13.4. The molecule has 1 aliphatic rings. The molecule has 112 valence electrons. The van der Waals surface area contributed by atoms with Crippen LogP contribution in [0.1, 0.15) is 0 Å². The van der Waals surface area contributed by atoms with E-state index >= 15 is 0 Å². The van der Waals surface area contributed by atoms with Gasteiger partial charge in [0.1, 0.15) is 11.3 Å². The van der Waals surface area contributed by atoms with Crippen LogP contribution in [0.2, 0.25) is 0 Å². The lowest BCUT2D eigenvalue weighted by atomic mass is 10.3. The van der Waals surface area contributed by atoms with Gasteiger partial charge in [-0.25, -0.2) is 19.3 Å². The highest BCUT2D eigenvalue weighted by Crippen LogP contribution is 2.30. The van der Waals surface area contributed by atoms with Crippen LogP contribution in [0.5, 0.6) is 0 Å². The Morgan fingerprint density at radius 2 is 1.68 bits per heavy atom. The molecule has 1 aliphatic heterocycles. The lowest BCUT2D eigenvalue weighted by Gasteiger charge is -2.34. The van der Waals surface area contributed by atoms with E-state index in [1.165, 1.54) is 6.07 Å². The number of benzene rings is 1. The van der Waals surface area contributed by atoms with Crippen LogP contribution in [0, 0.1) is 5.82 Å². The third-order valence-corrected chi connectivity index (χ3v) is 4.83. The lowest BCUT2D eigenvalue weighted by molar-refractivity contribution is 0.632. The average Bonchev–Trinajstić information content (AvgIpc) is 3.02. The van der Waals surface area contributed by atoms with E-state index < -0.39 is 0 Å². The zero-order chi connectivity index (χ0) is 14.9. The van der Waals surface area contributed by atoms with Crippen LogP contribution in [0.15, 0.2) is 36.7 Å². The Labute approximate surface area is 131 Å². The number of fused-ring (bicyclic) bond motifs is 1. The summed E-state index contributed by atoms with van der Waals surface area (Å²) in [6.07, 6.45) is 3.51. The minimum atomic E-state index is -0.253. The Balaban J connectivity index is 1.52. The third kappa shape index (κ3) is 2.37. The highest BCUT2D eigenvalue weighted by atomic mass is 32.1. The number of halogens is 1. The standard InChI is InChI=1S/C15H14FN5S/c16-11-3-1-4-12-13(11)19-15(22-12)21-9-7-20(8-10-21)14-17-5-2-6-18-14/h1-6H,7-10H2. The normalized spacial score (nSPS) is 15.5.